The third-order valence-corrected chi connectivity index (χ3v) is 3.09. The van der Waals surface area contributed by atoms with Gasteiger partial charge in [0.15, 0.2) is 0 Å². The number of amides is 3. The molecule has 3 N–H and O–H groups in total. The van der Waals surface area contributed by atoms with Crippen molar-refractivity contribution in [2.45, 2.75) is 0 Å². The number of carbonyl (C=O) groups excluding carboxylic acids is 2. The molecule has 0 heterocycles. The van der Waals surface area contributed by atoms with Crippen LogP contribution in [-0.4, -0.2) is 17.3 Å². The van der Waals surface area contributed by atoms with Crippen molar-refractivity contribution in [2.24, 2.45) is 0 Å². The van der Waals surface area contributed by atoms with E-state index in [4.69, 9.17) is 0 Å². The number of nitrogens with one attached hydrogen (secondary N) is 3. The van der Waals surface area contributed by atoms with Crippen LogP contribution in [0.15, 0.2) is 54.6 Å². The quantitative estimate of drug-likeness (QED) is 0.738. The van der Waals surface area contributed by atoms with Gasteiger partial charge in [-0.15, -0.1) is 0 Å². The molecule has 0 aliphatic heterocycles. The van der Waals surface area contributed by atoms with Crippen LogP contribution in [0.5, 0.6) is 0 Å². The lowest BCUT2D eigenvalue weighted by Crippen LogP contribution is -2.19. The van der Waals surface area contributed by atoms with Crippen molar-refractivity contribution < 1.29 is 9.59 Å². The monoisotopic (exact) mass is 347 g/mol. The number of benzene rings is 2. The zero-order valence-corrected chi connectivity index (χ0v) is 12.7. The number of halogens is 1. The molecule has 2 aromatic carbocycles. The average molecular weight is 348 g/mol. The zero-order chi connectivity index (χ0) is 15.1. The zero-order valence-electron chi connectivity index (χ0n) is 11.1. The predicted octanol–water partition coefficient (Wildman–Crippen LogP) is 3.66. The molecule has 0 unspecified atom stereocenters. The van der Waals surface area contributed by atoms with Crippen LogP contribution in [0, 0.1) is 0 Å². The summed E-state index contributed by atoms with van der Waals surface area (Å²) in [6.45, 7) is 0. The summed E-state index contributed by atoms with van der Waals surface area (Å²) in [6.07, 6.45) is 0. The van der Waals surface area contributed by atoms with Gasteiger partial charge in [-0.25, -0.2) is 4.79 Å². The highest BCUT2D eigenvalue weighted by atomic mass is 79.9. The smallest absolute Gasteiger partial charge is 0.323 e. The molecule has 0 fully saturated rings. The van der Waals surface area contributed by atoms with E-state index in [-0.39, 0.29) is 17.3 Å². The summed E-state index contributed by atoms with van der Waals surface area (Å²) >= 11 is 3.07. The number of carbonyl (C=O) groups is 2. The van der Waals surface area contributed by atoms with Crippen LogP contribution in [0.3, 0.4) is 0 Å². The highest BCUT2D eigenvalue weighted by Gasteiger charge is 2.03. The first-order valence-corrected chi connectivity index (χ1v) is 7.38. The highest BCUT2D eigenvalue weighted by molar-refractivity contribution is 9.09. The van der Waals surface area contributed by atoms with Crippen molar-refractivity contribution >= 4 is 44.9 Å². The Labute approximate surface area is 130 Å². The number of hydrogen-bond acceptors (Lipinski definition) is 2. The van der Waals surface area contributed by atoms with E-state index in [1.807, 2.05) is 18.2 Å². The summed E-state index contributed by atoms with van der Waals surface area (Å²) in [4.78, 5) is 23.0. The number of urea groups is 1. The Hall–Kier alpha value is -2.34. The van der Waals surface area contributed by atoms with Crippen molar-refractivity contribution in [3.8, 4) is 0 Å². The Bertz CT molecular complexity index is 615. The Morgan fingerprint density at radius 2 is 1.24 bits per heavy atom. The molecule has 0 saturated heterocycles. The van der Waals surface area contributed by atoms with Gasteiger partial charge >= 0.3 is 6.03 Å². The van der Waals surface area contributed by atoms with Gasteiger partial charge in [0.25, 0.3) is 0 Å². The second-order valence-corrected chi connectivity index (χ2v) is 4.77. The fourth-order valence-corrected chi connectivity index (χ4v) is 1.79. The minimum Gasteiger partial charge on any atom is -0.325 e. The van der Waals surface area contributed by atoms with Crippen molar-refractivity contribution in [2.75, 3.05) is 21.3 Å². The lowest BCUT2D eigenvalue weighted by molar-refractivity contribution is -0.113. The van der Waals surface area contributed by atoms with E-state index in [0.717, 1.165) is 5.69 Å². The van der Waals surface area contributed by atoms with Gasteiger partial charge in [0.1, 0.15) is 0 Å². The van der Waals surface area contributed by atoms with Crippen LogP contribution in [0.1, 0.15) is 0 Å². The van der Waals surface area contributed by atoms with Crippen LogP contribution in [0.2, 0.25) is 0 Å². The maximum atomic E-state index is 11.8. The Balaban J connectivity index is 1.91. The summed E-state index contributed by atoms with van der Waals surface area (Å²) in [6, 6.07) is 15.7. The standard InChI is InChI=1S/C15H14BrN3O2/c16-10-14(20)17-12-6-8-13(9-7-12)19-15(21)18-11-4-2-1-3-5-11/h1-9H,10H2,(H,17,20)(H2,18,19,21). The maximum absolute atomic E-state index is 11.8. The summed E-state index contributed by atoms with van der Waals surface area (Å²) in [5, 5.41) is 8.37. The Morgan fingerprint density at radius 3 is 1.76 bits per heavy atom. The molecular weight excluding hydrogens is 334 g/mol. The molecule has 0 saturated carbocycles. The molecule has 108 valence electrons. The van der Waals surface area contributed by atoms with Crippen LogP contribution in [-0.2, 0) is 4.79 Å². The van der Waals surface area contributed by atoms with Crippen LogP contribution < -0.4 is 16.0 Å². The molecule has 2 rings (SSSR count). The SMILES string of the molecule is O=C(CBr)Nc1ccc(NC(=O)Nc2ccccc2)cc1. The lowest BCUT2D eigenvalue weighted by Gasteiger charge is -2.08. The minimum atomic E-state index is -0.321. The van der Waals surface area contributed by atoms with Crippen molar-refractivity contribution in [3.63, 3.8) is 0 Å². The van der Waals surface area contributed by atoms with Gasteiger partial charge in [-0.2, -0.15) is 0 Å². The minimum absolute atomic E-state index is 0.127. The molecule has 0 aliphatic carbocycles. The van der Waals surface area contributed by atoms with Gasteiger partial charge in [-0.1, -0.05) is 34.1 Å². The van der Waals surface area contributed by atoms with E-state index < -0.39 is 0 Å². The maximum Gasteiger partial charge on any atom is 0.323 e. The number of rotatable bonds is 4. The predicted molar refractivity (Wildman–Crippen MR) is 87.9 cm³/mol. The fraction of sp³-hybridized carbons (Fsp3) is 0.0667. The first kappa shape index (κ1) is 15.1. The second-order valence-electron chi connectivity index (χ2n) is 4.20. The highest BCUT2D eigenvalue weighted by Crippen LogP contribution is 2.14. The first-order valence-electron chi connectivity index (χ1n) is 6.26. The summed E-state index contributed by atoms with van der Waals surface area (Å²) in [5.41, 5.74) is 2.03. The van der Waals surface area contributed by atoms with E-state index in [2.05, 4.69) is 31.9 Å². The molecule has 0 radical (unpaired) electrons. The molecule has 21 heavy (non-hydrogen) atoms. The average Bonchev–Trinajstić information content (AvgIpc) is 2.50. The van der Waals surface area contributed by atoms with Gasteiger partial charge in [0.05, 0.1) is 5.33 Å². The molecular formula is C15H14BrN3O2. The largest absolute Gasteiger partial charge is 0.325 e. The number of para-hydroxylation sites is 1. The lowest BCUT2D eigenvalue weighted by atomic mass is 10.3. The summed E-state index contributed by atoms with van der Waals surface area (Å²) < 4.78 is 0. The third-order valence-electron chi connectivity index (χ3n) is 2.58. The summed E-state index contributed by atoms with van der Waals surface area (Å²) in [7, 11) is 0. The van der Waals surface area contributed by atoms with Crippen molar-refractivity contribution in [3.05, 3.63) is 54.6 Å². The molecule has 0 spiro atoms. The Kier molecular flexibility index (Phi) is 5.34. The molecule has 3 amide bonds. The number of alkyl halides is 1. The number of hydrogen-bond donors (Lipinski definition) is 3. The van der Waals surface area contributed by atoms with Gasteiger partial charge in [0, 0.05) is 17.1 Å². The van der Waals surface area contributed by atoms with E-state index in [1.165, 1.54) is 0 Å². The second kappa shape index (κ2) is 7.44. The van der Waals surface area contributed by atoms with E-state index >= 15 is 0 Å². The van der Waals surface area contributed by atoms with Gasteiger partial charge < -0.3 is 16.0 Å². The number of anilines is 3. The topological polar surface area (TPSA) is 70.2 Å². The first-order chi connectivity index (χ1) is 10.2. The normalized spacial score (nSPS) is 9.76. The van der Waals surface area contributed by atoms with Gasteiger partial charge in [0.2, 0.25) is 5.91 Å². The molecule has 0 bridgehead atoms. The van der Waals surface area contributed by atoms with Crippen molar-refractivity contribution in [1.82, 2.24) is 0 Å². The van der Waals surface area contributed by atoms with Crippen LogP contribution in [0.25, 0.3) is 0 Å². The van der Waals surface area contributed by atoms with E-state index in [9.17, 15) is 9.59 Å². The summed E-state index contributed by atoms with van der Waals surface area (Å²) in [5.74, 6) is -0.127. The molecule has 2 aromatic rings. The van der Waals surface area contributed by atoms with Gasteiger partial charge in [-0.3, -0.25) is 4.79 Å². The van der Waals surface area contributed by atoms with Gasteiger partial charge in [-0.05, 0) is 36.4 Å². The molecule has 5 nitrogen and oxygen atoms in total. The molecule has 6 heteroatoms. The Morgan fingerprint density at radius 1 is 0.762 bits per heavy atom. The molecule has 0 aromatic heterocycles. The van der Waals surface area contributed by atoms with E-state index in [1.54, 1.807) is 36.4 Å². The van der Waals surface area contributed by atoms with E-state index in [0.29, 0.717) is 11.4 Å². The fourth-order valence-electron chi connectivity index (χ4n) is 1.65. The van der Waals surface area contributed by atoms with Crippen LogP contribution in [0.4, 0.5) is 21.9 Å². The van der Waals surface area contributed by atoms with Crippen molar-refractivity contribution in [1.29, 1.82) is 0 Å². The molecule has 0 atom stereocenters. The van der Waals surface area contributed by atoms with Crippen LogP contribution >= 0.6 is 15.9 Å². The third kappa shape index (κ3) is 4.92. The molecule has 0 aliphatic rings.